The van der Waals surface area contributed by atoms with Crippen LogP contribution in [-0.4, -0.2) is 35.8 Å². The minimum Gasteiger partial charge on any atom is -0.330 e. The van der Waals surface area contributed by atoms with E-state index in [1.54, 1.807) is 33.9 Å². The molecule has 0 saturated heterocycles. The summed E-state index contributed by atoms with van der Waals surface area (Å²) in [5, 5.41) is 13.3. The smallest absolute Gasteiger partial charge is 0.257 e. The molecule has 2 aromatic carbocycles. The quantitative estimate of drug-likeness (QED) is 0.408. The van der Waals surface area contributed by atoms with Crippen LogP contribution in [0.4, 0.5) is 4.39 Å². The van der Waals surface area contributed by atoms with Crippen molar-refractivity contribution >= 4 is 22.5 Å². The molecule has 8 heteroatoms. The summed E-state index contributed by atoms with van der Waals surface area (Å²) in [7, 11) is 0. The molecule has 5 aromatic rings. The first-order valence-electron chi connectivity index (χ1n) is 10.5. The summed E-state index contributed by atoms with van der Waals surface area (Å²) < 4.78 is 16.2. The number of aromatic nitrogens is 5. The predicted molar refractivity (Wildman–Crippen MR) is 122 cm³/mol. The molecule has 0 aliphatic heterocycles. The largest absolute Gasteiger partial charge is 0.330 e. The van der Waals surface area contributed by atoms with E-state index in [0.717, 1.165) is 33.2 Å². The number of carbonyl (C=O) groups is 1. The second-order valence-electron chi connectivity index (χ2n) is 8.11. The van der Waals surface area contributed by atoms with E-state index in [2.05, 4.69) is 32.6 Å². The number of hydrogen-bond donors (Lipinski definition) is 0. The van der Waals surface area contributed by atoms with Gasteiger partial charge in [0.05, 0.1) is 17.6 Å². The van der Waals surface area contributed by atoms with Crippen LogP contribution in [0.15, 0.2) is 67.0 Å². The van der Waals surface area contributed by atoms with Crippen molar-refractivity contribution in [3.8, 4) is 0 Å². The summed E-state index contributed by atoms with van der Waals surface area (Å²) >= 11 is 0. The molecule has 0 fully saturated rings. The van der Waals surface area contributed by atoms with Gasteiger partial charge in [0, 0.05) is 29.9 Å². The number of halogens is 1. The molecular weight excluding hydrogens is 419 g/mol. The maximum Gasteiger partial charge on any atom is 0.257 e. The van der Waals surface area contributed by atoms with Crippen LogP contribution in [0.1, 0.15) is 32.6 Å². The molecule has 0 N–H and O–H groups in total. The molecule has 1 amide bonds. The molecule has 0 aliphatic rings. The highest BCUT2D eigenvalue weighted by Crippen LogP contribution is 2.26. The van der Waals surface area contributed by atoms with Crippen LogP contribution in [0, 0.1) is 19.7 Å². The van der Waals surface area contributed by atoms with Crippen LogP contribution in [0.2, 0.25) is 0 Å². The number of pyridine rings is 2. The average Bonchev–Trinajstić information content (AvgIpc) is 3.29. The van der Waals surface area contributed by atoms with Crippen molar-refractivity contribution in [3.05, 3.63) is 101 Å². The lowest BCUT2D eigenvalue weighted by atomic mass is 10.0. The first-order chi connectivity index (χ1) is 16.0. The number of tetrazole rings is 1. The van der Waals surface area contributed by atoms with Gasteiger partial charge < -0.3 is 4.90 Å². The third-order valence-corrected chi connectivity index (χ3v) is 5.62. The molecule has 164 valence electrons. The molecule has 3 heterocycles. The Labute approximate surface area is 189 Å². The second kappa shape index (κ2) is 8.38. The van der Waals surface area contributed by atoms with Gasteiger partial charge in [-0.2, -0.15) is 4.52 Å². The molecule has 0 bridgehead atoms. The number of aryl methyl sites for hydroxylation is 2. The number of fused-ring (bicyclic) bond motifs is 3. The van der Waals surface area contributed by atoms with Gasteiger partial charge >= 0.3 is 0 Å². The van der Waals surface area contributed by atoms with Crippen molar-refractivity contribution in [1.29, 1.82) is 0 Å². The molecular formula is C25H21FN6O. The molecule has 0 unspecified atom stereocenters. The molecule has 0 aliphatic carbocycles. The van der Waals surface area contributed by atoms with Gasteiger partial charge in [-0.05, 0) is 65.7 Å². The molecule has 0 saturated carbocycles. The highest BCUT2D eigenvalue weighted by molar-refractivity contribution is 5.94. The van der Waals surface area contributed by atoms with E-state index in [4.69, 9.17) is 0 Å². The number of hydrogen-bond acceptors (Lipinski definition) is 5. The number of nitrogens with zero attached hydrogens (tertiary/aromatic N) is 6. The number of amides is 1. The lowest BCUT2D eigenvalue weighted by Gasteiger charge is -2.24. The maximum atomic E-state index is 14.5. The summed E-state index contributed by atoms with van der Waals surface area (Å²) in [6, 6.07) is 15.9. The van der Waals surface area contributed by atoms with Crippen molar-refractivity contribution < 1.29 is 9.18 Å². The first kappa shape index (κ1) is 20.7. The van der Waals surface area contributed by atoms with Gasteiger partial charge in [0.15, 0.2) is 5.65 Å². The van der Waals surface area contributed by atoms with Crippen molar-refractivity contribution in [2.75, 3.05) is 0 Å². The fourth-order valence-electron chi connectivity index (χ4n) is 4.22. The summed E-state index contributed by atoms with van der Waals surface area (Å²) in [5.41, 5.74) is 5.29. The monoisotopic (exact) mass is 440 g/mol. The summed E-state index contributed by atoms with van der Waals surface area (Å²) in [6.07, 6.45) is 3.37. The van der Waals surface area contributed by atoms with Crippen molar-refractivity contribution in [3.63, 3.8) is 0 Å². The minimum absolute atomic E-state index is 0.0180. The third kappa shape index (κ3) is 3.91. The van der Waals surface area contributed by atoms with E-state index in [9.17, 15) is 9.18 Å². The fraction of sp³-hybridized carbons (Fsp3) is 0.160. The SMILES string of the molecule is Cc1cc(C)c2c(c1)cc(CN(Cc1cccnc1)C(=O)c1ccccc1F)c1nnnn12. The standard InChI is InChI=1S/C25H21FN6O/c1-16-10-17(2)23-19(11-16)12-20(24-28-29-30-32(23)24)15-31(14-18-6-5-9-27-13-18)25(33)21-7-3-4-8-22(21)26/h3-13H,14-15H2,1-2H3. The van der Waals surface area contributed by atoms with Crippen LogP contribution in [0.5, 0.6) is 0 Å². The Morgan fingerprint density at radius 2 is 1.91 bits per heavy atom. The van der Waals surface area contributed by atoms with Gasteiger partial charge in [0.2, 0.25) is 0 Å². The Hall–Kier alpha value is -4.20. The van der Waals surface area contributed by atoms with Crippen molar-refractivity contribution in [2.45, 2.75) is 26.9 Å². The Morgan fingerprint density at radius 1 is 1.06 bits per heavy atom. The molecule has 0 radical (unpaired) electrons. The van der Waals surface area contributed by atoms with Crippen LogP contribution in [0.25, 0.3) is 16.6 Å². The number of benzene rings is 2. The Balaban J connectivity index is 1.62. The number of carbonyl (C=O) groups excluding carboxylic acids is 1. The van der Waals surface area contributed by atoms with E-state index in [0.29, 0.717) is 5.65 Å². The minimum atomic E-state index is -0.558. The first-order valence-corrected chi connectivity index (χ1v) is 10.5. The zero-order valence-electron chi connectivity index (χ0n) is 18.2. The van der Waals surface area contributed by atoms with Gasteiger partial charge in [0.25, 0.3) is 5.91 Å². The van der Waals surface area contributed by atoms with Gasteiger partial charge in [-0.15, -0.1) is 5.10 Å². The van der Waals surface area contributed by atoms with Crippen molar-refractivity contribution in [1.82, 2.24) is 29.9 Å². The van der Waals surface area contributed by atoms with Crippen LogP contribution in [-0.2, 0) is 13.1 Å². The van der Waals surface area contributed by atoms with Gasteiger partial charge in [-0.25, -0.2) is 4.39 Å². The van der Waals surface area contributed by atoms with Crippen LogP contribution >= 0.6 is 0 Å². The highest BCUT2D eigenvalue weighted by atomic mass is 19.1. The third-order valence-electron chi connectivity index (χ3n) is 5.62. The molecule has 0 spiro atoms. The summed E-state index contributed by atoms with van der Waals surface area (Å²) in [4.78, 5) is 19.2. The van der Waals surface area contributed by atoms with Gasteiger partial charge in [0.1, 0.15) is 5.82 Å². The van der Waals surface area contributed by atoms with E-state index in [-0.39, 0.29) is 18.7 Å². The molecule has 0 atom stereocenters. The lowest BCUT2D eigenvalue weighted by molar-refractivity contribution is 0.0725. The second-order valence-corrected chi connectivity index (χ2v) is 8.11. The Bertz CT molecular complexity index is 1480. The molecule has 7 nitrogen and oxygen atoms in total. The maximum absolute atomic E-state index is 14.5. The van der Waals surface area contributed by atoms with Gasteiger partial charge in [-0.3, -0.25) is 9.78 Å². The van der Waals surface area contributed by atoms with E-state index in [1.165, 1.54) is 12.1 Å². The normalized spacial score (nSPS) is 11.2. The predicted octanol–water partition coefficient (Wildman–Crippen LogP) is 4.27. The fourth-order valence-corrected chi connectivity index (χ4v) is 4.22. The molecule has 33 heavy (non-hydrogen) atoms. The van der Waals surface area contributed by atoms with Crippen molar-refractivity contribution in [2.24, 2.45) is 0 Å². The molecule has 5 rings (SSSR count). The lowest BCUT2D eigenvalue weighted by Crippen LogP contribution is -2.31. The topological polar surface area (TPSA) is 76.3 Å². The average molecular weight is 440 g/mol. The van der Waals surface area contributed by atoms with Gasteiger partial charge in [-0.1, -0.05) is 29.8 Å². The van der Waals surface area contributed by atoms with E-state index < -0.39 is 11.7 Å². The summed E-state index contributed by atoms with van der Waals surface area (Å²) in [6.45, 7) is 4.52. The Morgan fingerprint density at radius 3 is 2.70 bits per heavy atom. The zero-order chi connectivity index (χ0) is 22.9. The van der Waals surface area contributed by atoms with E-state index in [1.807, 2.05) is 32.0 Å². The summed E-state index contributed by atoms with van der Waals surface area (Å²) in [5.74, 6) is -0.971. The zero-order valence-corrected chi connectivity index (χ0v) is 18.2. The van der Waals surface area contributed by atoms with Crippen LogP contribution in [0.3, 0.4) is 0 Å². The number of rotatable bonds is 5. The van der Waals surface area contributed by atoms with E-state index >= 15 is 0 Å². The highest BCUT2D eigenvalue weighted by Gasteiger charge is 2.22. The Kier molecular flexibility index (Phi) is 5.26. The van der Waals surface area contributed by atoms with Crippen LogP contribution < -0.4 is 0 Å². The molecule has 3 aromatic heterocycles.